The lowest BCUT2D eigenvalue weighted by molar-refractivity contribution is -0.139. The van der Waals surface area contributed by atoms with Gasteiger partial charge in [0.2, 0.25) is 0 Å². The van der Waals surface area contributed by atoms with Gasteiger partial charge in [-0.05, 0) is 20.3 Å². The molecular weight excluding hydrogens is 174 g/mol. The summed E-state index contributed by atoms with van der Waals surface area (Å²) in [6, 6.07) is -0.731. The van der Waals surface area contributed by atoms with Gasteiger partial charge in [0.15, 0.2) is 0 Å². The second-order valence-electron chi connectivity index (χ2n) is 3.06. The fraction of sp³-hybridized carbons (Fsp3) is 0.750. The minimum Gasteiger partial charge on any atom is -0.481 e. The highest BCUT2D eigenvalue weighted by atomic mass is 16.4. The second-order valence-corrected chi connectivity index (χ2v) is 3.06. The predicted octanol–water partition coefficient (Wildman–Crippen LogP) is 0.302. The Morgan fingerprint density at radius 1 is 1.31 bits per heavy atom. The van der Waals surface area contributed by atoms with Crippen LogP contribution in [0.5, 0.6) is 0 Å². The average molecular weight is 189 g/mol. The largest absolute Gasteiger partial charge is 0.481 e. The second kappa shape index (κ2) is 5.53. The third kappa shape index (κ3) is 6.10. The van der Waals surface area contributed by atoms with Crippen LogP contribution < -0.4 is 5.32 Å². The van der Waals surface area contributed by atoms with E-state index in [1.54, 1.807) is 6.92 Å². The molecule has 0 aliphatic carbocycles. The standard InChI is InChI=1S/C8H15NO4/c1-5(3-4-7(10)11)9-6(2)8(12)13/h5-6,9H,3-4H2,1-2H3,(H,10,11)(H,12,13)/t5-,6-/m1/s1. The van der Waals surface area contributed by atoms with Crippen LogP contribution in [0.25, 0.3) is 0 Å². The van der Waals surface area contributed by atoms with E-state index < -0.39 is 18.0 Å². The minimum absolute atomic E-state index is 0.0561. The molecule has 0 spiro atoms. The fourth-order valence-corrected chi connectivity index (χ4v) is 0.921. The summed E-state index contributed by atoms with van der Waals surface area (Å²) >= 11 is 0. The zero-order chi connectivity index (χ0) is 10.4. The summed E-state index contributed by atoms with van der Waals surface area (Å²) < 4.78 is 0. The third-order valence-electron chi connectivity index (χ3n) is 1.70. The van der Waals surface area contributed by atoms with Gasteiger partial charge in [0.1, 0.15) is 6.04 Å². The molecule has 2 atom stereocenters. The third-order valence-corrected chi connectivity index (χ3v) is 1.70. The maximum atomic E-state index is 10.4. The van der Waals surface area contributed by atoms with Crippen LogP contribution in [0.15, 0.2) is 0 Å². The first-order chi connectivity index (χ1) is 5.93. The Morgan fingerprint density at radius 3 is 2.23 bits per heavy atom. The van der Waals surface area contributed by atoms with Crippen LogP contribution in [0.1, 0.15) is 26.7 Å². The number of hydrogen-bond donors (Lipinski definition) is 3. The molecule has 0 bridgehead atoms. The molecule has 0 aliphatic rings. The van der Waals surface area contributed by atoms with Gasteiger partial charge in [-0.15, -0.1) is 0 Å². The number of nitrogens with one attached hydrogen (secondary N) is 1. The number of carboxylic acids is 2. The molecule has 5 nitrogen and oxygen atoms in total. The fourth-order valence-electron chi connectivity index (χ4n) is 0.921. The van der Waals surface area contributed by atoms with Gasteiger partial charge in [-0.3, -0.25) is 9.59 Å². The SMILES string of the molecule is C[C@H](CCC(=O)O)N[C@H](C)C(=O)O. The maximum Gasteiger partial charge on any atom is 0.320 e. The summed E-state index contributed by atoms with van der Waals surface area (Å²) in [7, 11) is 0. The van der Waals surface area contributed by atoms with Crippen LogP contribution in [0.4, 0.5) is 0 Å². The van der Waals surface area contributed by atoms with Gasteiger partial charge in [0, 0.05) is 12.5 Å². The first-order valence-electron chi connectivity index (χ1n) is 4.14. The number of carboxylic acid groups (broad SMARTS) is 2. The number of hydrogen-bond acceptors (Lipinski definition) is 3. The zero-order valence-corrected chi connectivity index (χ0v) is 7.78. The van der Waals surface area contributed by atoms with Crippen molar-refractivity contribution >= 4 is 11.9 Å². The zero-order valence-electron chi connectivity index (χ0n) is 7.78. The highest BCUT2D eigenvalue weighted by molar-refractivity contribution is 5.72. The van der Waals surface area contributed by atoms with Gasteiger partial charge in [-0.2, -0.15) is 0 Å². The Balaban J connectivity index is 3.67. The Bertz CT molecular complexity index is 193. The van der Waals surface area contributed by atoms with Crippen molar-refractivity contribution < 1.29 is 19.8 Å². The first-order valence-corrected chi connectivity index (χ1v) is 4.14. The predicted molar refractivity (Wildman–Crippen MR) is 46.6 cm³/mol. The summed E-state index contributed by atoms with van der Waals surface area (Å²) in [6.45, 7) is 3.29. The quantitative estimate of drug-likeness (QED) is 0.559. The molecule has 0 saturated carbocycles. The number of aliphatic carboxylic acids is 2. The Hall–Kier alpha value is -1.10. The summed E-state index contributed by atoms with van der Waals surface area (Å²) in [5, 5.41) is 19.7. The van der Waals surface area contributed by atoms with Crippen molar-refractivity contribution in [2.45, 2.75) is 38.8 Å². The van der Waals surface area contributed by atoms with Gasteiger partial charge in [0.05, 0.1) is 0 Å². The van der Waals surface area contributed by atoms with Crippen molar-refractivity contribution in [1.82, 2.24) is 5.32 Å². The lowest BCUT2D eigenvalue weighted by Gasteiger charge is -2.15. The monoisotopic (exact) mass is 189 g/mol. The molecule has 0 aromatic rings. The van der Waals surface area contributed by atoms with E-state index in [-0.39, 0.29) is 12.5 Å². The lowest BCUT2D eigenvalue weighted by atomic mass is 10.1. The molecule has 76 valence electrons. The summed E-state index contributed by atoms with van der Waals surface area (Å²) in [6.07, 6.45) is 0.494. The Kier molecular flexibility index (Phi) is 5.06. The smallest absolute Gasteiger partial charge is 0.320 e. The summed E-state index contributed by atoms with van der Waals surface area (Å²) in [5.41, 5.74) is 0. The maximum absolute atomic E-state index is 10.4. The molecule has 0 aliphatic heterocycles. The molecule has 0 radical (unpaired) electrons. The molecule has 0 fully saturated rings. The Labute approximate surface area is 76.8 Å². The summed E-state index contributed by atoms with van der Waals surface area (Å²) in [4.78, 5) is 20.6. The molecule has 0 aromatic heterocycles. The van der Waals surface area contributed by atoms with Gasteiger partial charge < -0.3 is 15.5 Å². The van der Waals surface area contributed by atoms with Gasteiger partial charge in [0.25, 0.3) is 0 Å². The van der Waals surface area contributed by atoms with E-state index in [1.165, 1.54) is 6.92 Å². The molecule has 3 N–H and O–H groups in total. The van der Waals surface area contributed by atoms with Crippen LogP contribution in [0, 0.1) is 0 Å². The highest BCUT2D eigenvalue weighted by Gasteiger charge is 2.13. The van der Waals surface area contributed by atoms with E-state index in [0.29, 0.717) is 6.42 Å². The molecule has 13 heavy (non-hydrogen) atoms. The Morgan fingerprint density at radius 2 is 1.85 bits per heavy atom. The molecule has 0 saturated heterocycles. The van der Waals surface area contributed by atoms with Crippen molar-refractivity contribution in [1.29, 1.82) is 0 Å². The van der Waals surface area contributed by atoms with Crippen molar-refractivity contribution in [2.75, 3.05) is 0 Å². The highest BCUT2D eigenvalue weighted by Crippen LogP contribution is 1.97. The molecule has 0 unspecified atom stereocenters. The van der Waals surface area contributed by atoms with Gasteiger partial charge in [-0.25, -0.2) is 0 Å². The van der Waals surface area contributed by atoms with E-state index in [9.17, 15) is 9.59 Å². The van der Waals surface area contributed by atoms with Crippen molar-refractivity contribution in [3.8, 4) is 0 Å². The minimum atomic E-state index is -0.929. The van der Waals surface area contributed by atoms with Gasteiger partial charge in [-0.1, -0.05) is 0 Å². The van der Waals surface area contributed by atoms with Crippen LogP contribution in [-0.2, 0) is 9.59 Å². The van der Waals surface area contributed by atoms with Crippen LogP contribution in [-0.4, -0.2) is 34.2 Å². The summed E-state index contributed by atoms with van der Waals surface area (Å²) in [5.74, 6) is -1.79. The van der Waals surface area contributed by atoms with E-state index in [4.69, 9.17) is 10.2 Å². The van der Waals surface area contributed by atoms with Crippen molar-refractivity contribution in [3.05, 3.63) is 0 Å². The lowest BCUT2D eigenvalue weighted by Crippen LogP contribution is -2.39. The number of carbonyl (C=O) groups is 2. The van der Waals surface area contributed by atoms with E-state index in [0.717, 1.165) is 0 Å². The molecule has 5 heteroatoms. The molecule has 0 amide bonds. The van der Waals surface area contributed by atoms with E-state index >= 15 is 0 Å². The van der Waals surface area contributed by atoms with Gasteiger partial charge >= 0.3 is 11.9 Å². The van der Waals surface area contributed by atoms with Crippen LogP contribution in [0.3, 0.4) is 0 Å². The normalized spacial score (nSPS) is 14.9. The number of rotatable bonds is 6. The van der Waals surface area contributed by atoms with Crippen LogP contribution in [0.2, 0.25) is 0 Å². The van der Waals surface area contributed by atoms with Crippen molar-refractivity contribution in [2.24, 2.45) is 0 Å². The van der Waals surface area contributed by atoms with E-state index in [1.807, 2.05) is 0 Å². The topological polar surface area (TPSA) is 86.6 Å². The van der Waals surface area contributed by atoms with Crippen LogP contribution >= 0.6 is 0 Å². The molecule has 0 rings (SSSR count). The first kappa shape index (κ1) is 11.9. The molecular formula is C8H15NO4. The van der Waals surface area contributed by atoms with Crippen molar-refractivity contribution in [3.63, 3.8) is 0 Å². The average Bonchev–Trinajstić information content (AvgIpc) is 2.00. The molecule has 0 heterocycles. The van der Waals surface area contributed by atoms with E-state index in [2.05, 4.69) is 5.32 Å². The molecule has 0 aromatic carbocycles.